The maximum Gasteiger partial charge on any atom is 0.264 e. The molecule has 3 rings (SSSR count). The number of ketones is 1. The quantitative estimate of drug-likeness (QED) is 0.641. The highest BCUT2D eigenvalue weighted by atomic mass is 32.2. The van der Waals surface area contributed by atoms with E-state index in [0.717, 1.165) is 9.87 Å². The van der Waals surface area contributed by atoms with Crippen molar-refractivity contribution < 1.29 is 13.2 Å². The second kappa shape index (κ2) is 7.14. The number of carbonyl (C=O) groups excluding carboxylic acids is 1. The lowest BCUT2D eigenvalue weighted by Crippen LogP contribution is -2.28. The molecular formula is C21H19NO3S. The molecular weight excluding hydrogens is 346 g/mol. The largest absolute Gasteiger partial charge is 0.289 e. The van der Waals surface area contributed by atoms with Gasteiger partial charge in [0.15, 0.2) is 5.78 Å². The van der Waals surface area contributed by atoms with Crippen LogP contribution in [0.4, 0.5) is 5.69 Å². The molecule has 0 aliphatic heterocycles. The van der Waals surface area contributed by atoms with E-state index in [-0.39, 0.29) is 10.7 Å². The summed E-state index contributed by atoms with van der Waals surface area (Å²) in [5.41, 5.74) is 2.19. The number of benzene rings is 3. The van der Waals surface area contributed by atoms with Crippen molar-refractivity contribution in [2.24, 2.45) is 0 Å². The van der Waals surface area contributed by atoms with Gasteiger partial charge in [-0.2, -0.15) is 0 Å². The van der Waals surface area contributed by atoms with Crippen molar-refractivity contribution in [2.75, 3.05) is 11.4 Å². The van der Waals surface area contributed by atoms with E-state index in [0.29, 0.717) is 16.8 Å². The van der Waals surface area contributed by atoms with Gasteiger partial charge in [-0.15, -0.1) is 0 Å². The topological polar surface area (TPSA) is 54.5 Å². The first-order chi connectivity index (χ1) is 12.4. The molecule has 3 aromatic carbocycles. The van der Waals surface area contributed by atoms with Gasteiger partial charge in [-0.3, -0.25) is 9.10 Å². The van der Waals surface area contributed by atoms with Crippen LogP contribution in [0.3, 0.4) is 0 Å². The number of carbonyl (C=O) groups is 1. The summed E-state index contributed by atoms with van der Waals surface area (Å²) in [6, 6.07) is 22.2. The summed E-state index contributed by atoms with van der Waals surface area (Å²) in [7, 11) is -2.30. The highest BCUT2D eigenvalue weighted by Crippen LogP contribution is 2.27. The SMILES string of the molecule is Cc1ccc(S(=O)(=O)N(C)c2ccccc2C(=O)c2ccccc2)cc1. The molecule has 0 spiro atoms. The van der Waals surface area contributed by atoms with Gasteiger partial charge in [-0.05, 0) is 31.2 Å². The first-order valence-corrected chi connectivity index (χ1v) is 9.59. The van der Waals surface area contributed by atoms with E-state index in [1.54, 1.807) is 72.8 Å². The lowest BCUT2D eigenvalue weighted by atomic mass is 10.0. The Balaban J connectivity index is 2.04. The van der Waals surface area contributed by atoms with Crippen LogP contribution >= 0.6 is 0 Å². The minimum Gasteiger partial charge on any atom is -0.289 e. The fourth-order valence-electron chi connectivity index (χ4n) is 2.68. The standard InChI is InChI=1S/C21H19NO3S/c1-16-12-14-18(15-13-16)26(24,25)22(2)20-11-7-6-10-19(20)21(23)17-8-4-3-5-9-17/h3-15H,1-2H3. The summed E-state index contributed by atoms with van der Waals surface area (Å²) in [5, 5.41) is 0. The molecule has 0 saturated carbocycles. The van der Waals surface area contributed by atoms with Gasteiger partial charge in [-0.25, -0.2) is 8.42 Å². The van der Waals surface area contributed by atoms with E-state index in [1.165, 1.54) is 7.05 Å². The van der Waals surface area contributed by atoms with Crippen molar-refractivity contribution in [1.29, 1.82) is 0 Å². The van der Waals surface area contributed by atoms with Crippen LogP contribution < -0.4 is 4.31 Å². The molecule has 3 aromatic rings. The zero-order valence-corrected chi connectivity index (χ0v) is 15.4. The molecule has 0 N–H and O–H groups in total. The summed E-state index contributed by atoms with van der Waals surface area (Å²) in [5.74, 6) is -0.216. The molecule has 4 nitrogen and oxygen atoms in total. The zero-order valence-electron chi connectivity index (χ0n) is 14.6. The molecule has 0 amide bonds. The predicted molar refractivity (Wildman–Crippen MR) is 103 cm³/mol. The van der Waals surface area contributed by atoms with E-state index in [1.807, 2.05) is 13.0 Å². The fraction of sp³-hybridized carbons (Fsp3) is 0.0952. The third-order valence-electron chi connectivity index (χ3n) is 4.20. The predicted octanol–water partition coefficient (Wildman–Crippen LogP) is 4.05. The van der Waals surface area contributed by atoms with Crippen LogP contribution in [-0.4, -0.2) is 21.2 Å². The van der Waals surface area contributed by atoms with Crippen LogP contribution in [-0.2, 0) is 10.0 Å². The highest BCUT2D eigenvalue weighted by Gasteiger charge is 2.25. The van der Waals surface area contributed by atoms with Gasteiger partial charge in [0, 0.05) is 18.2 Å². The van der Waals surface area contributed by atoms with Gasteiger partial charge in [0.1, 0.15) is 0 Å². The van der Waals surface area contributed by atoms with Crippen LogP contribution in [0.1, 0.15) is 21.5 Å². The summed E-state index contributed by atoms with van der Waals surface area (Å²) in [4.78, 5) is 13.0. The summed E-state index contributed by atoms with van der Waals surface area (Å²) in [6.45, 7) is 1.90. The molecule has 0 radical (unpaired) electrons. The molecule has 0 heterocycles. The molecule has 0 fully saturated rings. The van der Waals surface area contributed by atoms with Gasteiger partial charge in [0.05, 0.1) is 10.6 Å². The normalized spacial score (nSPS) is 11.2. The number of sulfonamides is 1. The minimum atomic E-state index is -3.77. The maximum absolute atomic E-state index is 13.0. The molecule has 0 atom stereocenters. The van der Waals surface area contributed by atoms with Crippen molar-refractivity contribution in [3.63, 3.8) is 0 Å². The van der Waals surface area contributed by atoms with Crippen LogP contribution in [0.2, 0.25) is 0 Å². The van der Waals surface area contributed by atoms with Crippen LogP contribution in [0.5, 0.6) is 0 Å². The van der Waals surface area contributed by atoms with Crippen LogP contribution in [0.25, 0.3) is 0 Å². The van der Waals surface area contributed by atoms with Crippen molar-refractivity contribution in [1.82, 2.24) is 0 Å². The van der Waals surface area contributed by atoms with E-state index < -0.39 is 10.0 Å². The molecule has 132 valence electrons. The summed E-state index contributed by atoms with van der Waals surface area (Å²) >= 11 is 0. The number of hydrogen-bond donors (Lipinski definition) is 0. The van der Waals surface area contributed by atoms with E-state index >= 15 is 0 Å². The van der Waals surface area contributed by atoms with Crippen molar-refractivity contribution in [2.45, 2.75) is 11.8 Å². The number of para-hydroxylation sites is 1. The van der Waals surface area contributed by atoms with Crippen LogP contribution in [0, 0.1) is 6.92 Å². The zero-order chi connectivity index (χ0) is 18.7. The van der Waals surface area contributed by atoms with Gasteiger partial charge in [0.2, 0.25) is 0 Å². The Hall–Kier alpha value is -2.92. The van der Waals surface area contributed by atoms with E-state index in [2.05, 4.69) is 0 Å². The molecule has 0 aliphatic rings. The Morgan fingerprint density at radius 1 is 0.808 bits per heavy atom. The Labute approximate surface area is 153 Å². The first-order valence-electron chi connectivity index (χ1n) is 8.15. The minimum absolute atomic E-state index is 0.188. The average molecular weight is 365 g/mol. The van der Waals surface area contributed by atoms with E-state index in [4.69, 9.17) is 0 Å². The average Bonchev–Trinajstić information content (AvgIpc) is 2.68. The van der Waals surface area contributed by atoms with Gasteiger partial charge in [0.25, 0.3) is 10.0 Å². The Kier molecular flexibility index (Phi) is 4.91. The number of anilines is 1. The van der Waals surface area contributed by atoms with Gasteiger partial charge >= 0.3 is 0 Å². The number of rotatable bonds is 5. The second-order valence-corrected chi connectivity index (χ2v) is 7.97. The lowest BCUT2D eigenvalue weighted by molar-refractivity contribution is 0.103. The highest BCUT2D eigenvalue weighted by molar-refractivity contribution is 7.92. The molecule has 0 bridgehead atoms. The Morgan fingerprint density at radius 2 is 1.38 bits per heavy atom. The summed E-state index contributed by atoms with van der Waals surface area (Å²) < 4.78 is 27.1. The van der Waals surface area contributed by atoms with Gasteiger partial charge < -0.3 is 0 Å². The Morgan fingerprint density at radius 3 is 2.04 bits per heavy atom. The lowest BCUT2D eigenvalue weighted by Gasteiger charge is -2.22. The Bertz CT molecular complexity index is 1030. The molecule has 5 heteroatoms. The van der Waals surface area contributed by atoms with E-state index in [9.17, 15) is 13.2 Å². The van der Waals surface area contributed by atoms with Crippen molar-refractivity contribution >= 4 is 21.5 Å². The second-order valence-electron chi connectivity index (χ2n) is 6.00. The number of hydrogen-bond acceptors (Lipinski definition) is 3. The van der Waals surface area contributed by atoms with Gasteiger partial charge in [-0.1, -0.05) is 60.2 Å². The maximum atomic E-state index is 13.0. The third-order valence-corrected chi connectivity index (χ3v) is 5.99. The number of nitrogens with zero attached hydrogens (tertiary/aromatic N) is 1. The van der Waals surface area contributed by atoms with Crippen LogP contribution in [0.15, 0.2) is 83.8 Å². The molecule has 0 unspecified atom stereocenters. The fourth-order valence-corrected chi connectivity index (χ4v) is 3.90. The third kappa shape index (κ3) is 3.39. The van der Waals surface area contributed by atoms with Crippen molar-refractivity contribution in [3.05, 3.63) is 95.6 Å². The first kappa shape index (κ1) is 17.9. The summed E-state index contributed by atoms with van der Waals surface area (Å²) in [6.07, 6.45) is 0. The van der Waals surface area contributed by atoms with Crippen molar-refractivity contribution in [3.8, 4) is 0 Å². The smallest absolute Gasteiger partial charge is 0.264 e. The molecule has 0 aliphatic carbocycles. The molecule has 0 aromatic heterocycles. The number of aryl methyl sites for hydroxylation is 1. The monoisotopic (exact) mass is 365 g/mol. The molecule has 0 saturated heterocycles. The molecule has 26 heavy (non-hydrogen) atoms.